The molecule has 0 bridgehead atoms. The highest BCUT2D eigenvalue weighted by Gasteiger charge is 2.16. The zero-order valence-electron chi connectivity index (χ0n) is 16.0. The number of amides is 2. The number of carbonyl (C=O) groups is 1. The molecule has 146 valence electrons. The highest BCUT2D eigenvalue weighted by molar-refractivity contribution is 14.1. The van der Waals surface area contributed by atoms with Gasteiger partial charge < -0.3 is 24.8 Å². The van der Waals surface area contributed by atoms with Crippen LogP contribution in [0.25, 0.3) is 0 Å². The molecule has 2 amide bonds. The molecule has 0 saturated carbocycles. The minimum absolute atomic E-state index is 0.339. The van der Waals surface area contributed by atoms with Crippen LogP contribution in [0.1, 0.15) is 26.3 Å². The fourth-order valence-corrected chi connectivity index (χ4v) is 3.16. The molecule has 0 aliphatic rings. The first-order chi connectivity index (χ1) is 13.0. The summed E-state index contributed by atoms with van der Waals surface area (Å²) in [6.07, 6.45) is 0. The molecule has 0 unspecified atom stereocenters. The number of hydrogen-bond donors (Lipinski definition) is 2. The summed E-state index contributed by atoms with van der Waals surface area (Å²) in [6.45, 7) is 9.07. The summed E-state index contributed by atoms with van der Waals surface area (Å²) in [7, 11) is 0. The van der Waals surface area contributed by atoms with Crippen molar-refractivity contribution in [3.05, 3.63) is 39.5 Å². The Labute approximate surface area is 173 Å². The van der Waals surface area contributed by atoms with Gasteiger partial charge in [-0.1, -0.05) is 0 Å². The lowest BCUT2D eigenvalue weighted by Gasteiger charge is -2.17. The summed E-state index contributed by atoms with van der Waals surface area (Å²) in [4.78, 5) is 12.4. The minimum Gasteiger partial charge on any atom is -0.490 e. The normalized spacial score (nSPS) is 10.3. The van der Waals surface area contributed by atoms with Crippen LogP contribution >= 0.6 is 22.6 Å². The zero-order valence-corrected chi connectivity index (χ0v) is 18.2. The number of benzene rings is 2. The van der Waals surface area contributed by atoms with Crippen molar-refractivity contribution in [1.82, 2.24) is 0 Å². The second-order valence-corrected chi connectivity index (χ2v) is 6.88. The van der Waals surface area contributed by atoms with Crippen LogP contribution in [0.3, 0.4) is 0 Å². The Balaban J connectivity index is 2.24. The third-order valence-electron chi connectivity index (χ3n) is 3.60. The molecule has 0 atom stereocenters. The fraction of sp³-hybridized carbons (Fsp3) is 0.350. The van der Waals surface area contributed by atoms with Crippen molar-refractivity contribution in [2.24, 2.45) is 0 Å². The van der Waals surface area contributed by atoms with Gasteiger partial charge >= 0.3 is 6.03 Å². The van der Waals surface area contributed by atoms with E-state index in [0.717, 1.165) is 14.8 Å². The topological polar surface area (TPSA) is 68.8 Å². The molecule has 27 heavy (non-hydrogen) atoms. The van der Waals surface area contributed by atoms with Gasteiger partial charge in [0.1, 0.15) is 0 Å². The standard InChI is InChI=1S/C20H25IN2O4/c1-5-25-17-11-15(12-18(26-6-2)19(17)27-7-3)22-20(24)23-16-9-8-14(21)10-13(16)4/h8-12H,5-7H2,1-4H3,(H2,22,23,24). The van der Waals surface area contributed by atoms with Crippen LogP contribution in [-0.4, -0.2) is 25.9 Å². The average molecular weight is 484 g/mol. The monoisotopic (exact) mass is 484 g/mol. The maximum atomic E-state index is 12.4. The molecular weight excluding hydrogens is 459 g/mol. The van der Waals surface area contributed by atoms with Gasteiger partial charge in [-0.15, -0.1) is 0 Å². The van der Waals surface area contributed by atoms with Crippen LogP contribution in [0.15, 0.2) is 30.3 Å². The lowest BCUT2D eigenvalue weighted by molar-refractivity contribution is 0.260. The van der Waals surface area contributed by atoms with Crippen molar-refractivity contribution in [3.63, 3.8) is 0 Å². The van der Waals surface area contributed by atoms with Gasteiger partial charge in [0.2, 0.25) is 5.75 Å². The Kier molecular flexibility index (Phi) is 8.02. The van der Waals surface area contributed by atoms with Gasteiger partial charge in [-0.25, -0.2) is 4.79 Å². The average Bonchev–Trinajstić information content (AvgIpc) is 2.61. The van der Waals surface area contributed by atoms with E-state index in [2.05, 4.69) is 33.2 Å². The highest BCUT2D eigenvalue weighted by Crippen LogP contribution is 2.40. The summed E-state index contributed by atoms with van der Waals surface area (Å²) in [5, 5.41) is 5.69. The Morgan fingerprint density at radius 1 is 0.926 bits per heavy atom. The van der Waals surface area contributed by atoms with Crippen molar-refractivity contribution < 1.29 is 19.0 Å². The van der Waals surface area contributed by atoms with Crippen LogP contribution in [-0.2, 0) is 0 Å². The third kappa shape index (κ3) is 5.92. The maximum absolute atomic E-state index is 12.4. The molecule has 0 aliphatic heterocycles. The number of aryl methyl sites for hydroxylation is 1. The van der Waals surface area contributed by atoms with Crippen molar-refractivity contribution in [3.8, 4) is 17.2 Å². The fourth-order valence-electron chi connectivity index (χ4n) is 2.51. The van der Waals surface area contributed by atoms with E-state index in [1.54, 1.807) is 12.1 Å². The lowest BCUT2D eigenvalue weighted by atomic mass is 10.2. The van der Waals surface area contributed by atoms with Gasteiger partial charge in [0.25, 0.3) is 0 Å². The van der Waals surface area contributed by atoms with Gasteiger partial charge in [0.15, 0.2) is 11.5 Å². The zero-order chi connectivity index (χ0) is 19.8. The molecule has 0 heterocycles. The summed E-state index contributed by atoms with van der Waals surface area (Å²) in [5.74, 6) is 1.61. The first-order valence-electron chi connectivity index (χ1n) is 8.89. The number of carbonyl (C=O) groups excluding carboxylic acids is 1. The van der Waals surface area contributed by atoms with Crippen LogP contribution in [0.2, 0.25) is 0 Å². The van der Waals surface area contributed by atoms with Crippen molar-refractivity contribution >= 4 is 40.0 Å². The molecule has 0 saturated heterocycles. The Bertz CT molecular complexity index is 769. The van der Waals surface area contributed by atoms with E-state index in [1.165, 1.54) is 0 Å². The molecule has 2 N–H and O–H groups in total. The molecule has 2 aromatic carbocycles. The molecule has 0 spiro atoms. The van der Waals surface area contributed by atoms with E-state index in [9.17, 15) is 4.79 Å². The van der Waals surface area contributed by atoms with Crippen molar-refractivity contribution in [1.29, 1.82) is 0 Å². The minimum atomic E-state index is -0.339. The van der Waals surface area contributed by atoms with Gasteiger partial charge in [-0.3, -0.25) is 0 Å². The molecule has 6 nitrogen and oxygen atoms in total. The molecule has 0 aromatic heterocycles. The van der Waals surface area contributed by atoms with E-state index in [0.29, 0.717) is 42.8 Å². The largest absolute Gasteiger partial charge is 0.490 e. The Morgan fingerprint density at radius 3 is 2.04 bits per heavy atom. The second kappa shape index (κ2) is 10.2. The van der Waals surface area contributed by atoms with Crippen molar-refractivity contribution in [2.75, 3.05) is 30.5 Å². The van der Waals surface area contributed by atoms with Gasteiger partial charge in [-0.2, -0.15) is 0 Å². The van der Waals surface area contributed by atoms with Gasteiger partial charge in [0, 0.05) is 21.4 Å². The summed E-state index contributed by atoms with van der Waals surface area (Å²) >= 11 is 2.24. The predicted octanol–water partition coefficient (Wildman–Crippen LogP) is 5.44. The van der Waals surface area contributed by atoms with Crippen molar-refractivity contribution in [2.45, 2.75) is 27.7 Å². The van der Waals surface area contributed by atoms with E-state index >= 15 is 0 Å². The van der Waals surface area contributed by atoms with Crippen LogP contribution < -0.4 is 24.8 Å². The Morgan fingerprint density at radius 2 is 1.52 bits per heavy atom. The summed E-state index contributed by atoms with van der Waals surface area (Å²) in [6, 6.07) is 8.96. The van der Waals surface area contributed by atoms with E-state index < -0.39 is 0 Å². The highest BCUT2D eigenvalue weighted by atomic mass is 127. The van der Waals surface area contributed by atoms with E-state index in [4.69, 9.17) is 14.2 Å². The SMILES string of the molecule is CCOc1cc(NC(=O)Nc2ccc(I)cc2C)cc(OCC)c1OCC. The number of urea groups is 1. The van der Waals surface area contributed by atoms with Crippen LogP contribution in [0.5, 0.6) is 17.2 Å². The molecule has 2 rings (SSSR count). The molecule has 2 aromatic rings. The number of hydrogen-bond acceptors (Lipinski definition) is 4. The molecule has 0 aliphatic carbocycles. The van der Waals surface area contributed by atoms with Gasteiger partial charge in [0.05, 0.1) is 25.5 Å². The molecule has 0 fully saturated rings. The molecule has 7 heteroatoms. The Hall–Kier alpha value is -2.16. The smallest absolute Gasteiger partial charge is 0.323 e. The number of nitrogens with one attached hydrogen (secondary N) is 2. The number of halogens is 1. The first-order valence-corrected chi connectivity index (χ1v) is 9.96. The second-order valence-electron chi connectivity index (χ2n) is 5.64. The lowest BCUT2D eigenvalue weighted by Crippen LogP contribution is -2.20. The number of ether oxygens (including phenoxy) is 3. The summed E-state index contributed by atoms with van der Waals surface area (Å²) < 4.78 is 18.1. The predicted molar refractivity (Wildman–Crippen MR) is 116 cm³/mol. The quantitative estimate of drug-likeness (QED) is 0.490. The van der Waals surface area contributed by atoms with E-state index in [1.807, 2.05) is 45.9 Å². The molecule has 0 radical (unpaired) electrons. The number of rotatable bonds is 8. The van der Waals surface area contributed by atoms with Crippen LogP contribution in [0.4, 0.5) is 16.2 Å². The first kappa shape index (κ1) is 21.1. The number of anilines is 2. The summed E-state index contributed by atoms with van der Waals surface area (Å²) in [5.41, 5.74) is 2.31. The van der Waals surface area contributed by atoms with Gasteiger partial charge in [-0.05, 0) is 74.0 Å². The third-order valence-corrected chi connectivity index (χ3v) is 4.27. The van der Waals surface area contributed by atoms with Crippen LogP contribution in [0, 0.1) is 10.5 Å². The maximum Gasteiger partial charge on any atom is 0.323 e. The molecular formula is C20H25IN2O4. The van der Waals surface area contributed by atoms with E-state index in [-0.39, 0.29) is 6.03 Å².